The fraction of sp³-hybridized carbons (Fsp3) is 0.286. The Morgan fingerprint density at radius 1 is 1.28 bits per heavy atom. The molecule has 0 spiro atoms. The van der Waals surface area contributed by atoms with Crippen LogP contribution in [0.4, 0.5) is 10.8 Å². The number of furan rings is 1. The van der Waals surface area contributed by atoms with Gasteiger partial charge < -0.3 is 20.0 Å². The van der Waals surface area contributed by atoms with Crippen LogP contribution in [0, 0.1) is 12.8 Å². The molecular weight excluding hydrogens is 450 g/mol. The average molecular weight is 472 g/mol. The quantitative estimate of drug-likeness (QED) is 0.383. The molecule has 166 valence electrons. The molecule has 3 amide bonds. The van der Waals surface area contributed by atoms with Gasteiger partial charge in [-0.3, -0.25) is 14.4 Å². The minimum absolute atomic E-state index is 0.0789. The van der Waals surface area contributed by atoms with E-state index in [1.54, 1.807) is 23.3 Å². The lowest BCUT2D eigenvalue weighted by Crippen LogP contribution is -2.28. The van der Waals surface area contributed by atoms with Crippen molar-refractivity contribution < 1.29 is 18.8 Å². The molecule has 2 aromatic heterocycles. The Balaban J connectivity index is 1.25. The number of aromatic nitrogens is 2. The van der Waals surface area contributed by atoms with E-state index in [1.807, 2.05) is 31.2 Å². The minimum Gasteiger partial charge on any atom is -0.467 e. The number of rotatable bonds is 8. The highest BCUT2D eigenvalue weighted by Crippen LogP contribution is 2.29. The summed E-state index contributed by atoms with van der Waals surface area (Å²) in [5, 5.41) is 13.8. The van der Waals surface area contributed by atoms with Gasteiger partial charge >= 0.3 is 0 Å². The second-order valence-corrected chi connectivity index (χ2v) is 9.45. The smallest absolute Gasteiger partial charge is 0.231 e. The first-order valence-corrected chi connectivity index (χ1v) is 11.7. The van der Waals surface area contributed by atoms with Gasteiger partial charge in [0.1, 0.15) is 5.76 Å². The van der Waals surface area contributed by atoms with Crippen LogP contribution in [-0.4, -0.2) is 40.2 Å². The molecule has 3 heterocycles. The zero-order valence-electron chi connectivity index (χ0n) is 17.2. The summed E-state index contributed by atoms with van der Waals surface area (Å²) in [6.45, 7) is 2.61. The van der Waals surface area contributed by atoms with Crippen molar-refractivity contribution >= 4 is 51.6 Å². The average Bonchev–Trinajstić information content (AvgIpc) is 3.52. The molecule has 0 bridgehead atoms. The van der Waals surface area contributed by atoms with E-state index < -0.39 is 5.92 Å². The molecule has 0 radical (unpaired) electrons. The van der Waals surface area contributed by atoms with E-state index in [0.717, 1.165) is 11.3 Å². The Morgan fingerprint density at radius 3 is 2.94 bits per heavy atom. The lowest BCUT2D eigenvalue weighted by atomic mass is 10.1. The third kappa shape index (κ3) is 5.54. The molecule has 0 saturated carbocycles. The minimum atomic E-state index is -0.463. The second-order valence-electron chi connectivity index (χ2n) is 7.25. The van der Waals surface area contributed by atoms with Crippen molar-refractivity contribution in [2.75, 3.05) is 22.5 Å². The van der Waals surface area contributed by atoms with Crippen molar-refractivity contribution in [1.29, 1.82) is 0 Å². The summed E-state index contributed by atoms with van der Waals surface area (Å²) in [6.07, 6.45) is 1.70. The first kappa shape index (κ1) is 22.0. The number of carbonyl (C=O) groups is 3. The molecule has 0 unspecified atom stereocenters. The van der Waals surface area contributed by atoms with Crippen molar-refractivity contribution in [2.45, 2.75) is 24.2 Å². The van der Waals surface area contributed by atoms with Gasteiger partial charge in [0.2, 0.25) is 22.9 Å². The molecule has 1 aromatic carbocycles. The number of nitrogens with zero attached hydrogens (tertiary/aromatic N) is 3. The van der Waals surface area contributed by atoms with Gasteiger partial charge in [-0.15, -0.1) is 10.2 Å². The van der Waals surface area contributed by atoms with Crippen LogP contribution in [-0.2, 0) is 20.9 Å². The molecule has 1 fully saturated rings. The standard InChI is InChI=1S/C21H21N5O4S2/c1-13-4-2-5-15(8-13)26-11-14(9-18(26)28)19(29)23-20-24-25-21(32-20)31-12-17(27)22-10-16-6-3-7-30-16/h2-8,14H,9-12H2,1H3,(H,22,27)(H,23,24,29)/t14-/m0/s1. The van der Waals surface area contributed by atoms with Crippen LogP contribution in [0.1, 0.15) is 17.7 Å². The van der Waals surface area contributed by atoms with E-state index in [4.69, 9.17) is 4.42 Å². The fourth-order valence-corrected chi connectivity index (χ4v) is 4.82. The summed E-state index contributed by atoms with van der Waals surface area (Å²) in [7, 11) is 0. The van der Waals surface area contributed by atoms with Gasteiger partial charge in [0.25, 0.3) is 0 Å². The second kappa shape index (κ2) is 9.96. The van der Waals surface area contributed by atoms with E-state index in [2.05, 4.69) is 20.8 Å². The lowest BCUT2D eigenvalue weighted by Gasteiger charge is -2.17. The first-order chi connectivity index (χ1) is 15.5. The van der Waals surface area contributed by atoms with Gasteiger partial charge in [-0.2, -0.15) is 0 Å². The van der Waals surface area contributed by atoms with E-state index in [0.29, 0.717) is 28.3 Å². The number of anilines is 2. The molecule has 0 aliphatic carbocycles. The van der Waals surface area contributed by atoms with E-state index in [1.165, 1.54) is 23.1 Å². The Bertz CT molecular complexity index is 1120. The number of hydrogen-bond donors (Lipinski definition) is 2. The summed E-state index contributed by atoms with van der Waals surface area (Å²) >= 11 is 2.42. The maximum absolute atomic E-state index is 12.6. The molecule has 4 rings (SSSR count). The molecule has 1 aliphatic rings. The molecule has 32 heavy (non-hydrogen) atoms. The Morgan fingerprint density at radius 2 is 2.16 bits per heavy atom. The molecule has 11 heteroatoms. The zero-order valence-corrected chi connectivity index (χ0v) is 18.9. The van der Waals surface area contributed by atoms with Crippen LogP contribution in [0.3, 0.4) is 0 Å². The fourth-order valence-electron chi connectivity index (χ4n) is 3.23. The lowest BCUT2D eigenvalue weighted by molar-refractivity contribution is -0.122. The van der Waals surface area contributed by atoms with Gasteiger partial charge in [-0.25, -0.2) is 0 Å². The predicted molar refractivity (Wildman–Crippen MR) is 121 cm³/mol. The highest BCUT2D eigenvalue weighted by Gasteiger charge is 2.35. The monoisotopic (exact) mass is 471 g/mol. The first-order valence-electron chi connectivity index (χ1n) is 9.91. The van der Waals surface area contributed by atoms with Crippen LogP contribution >= 0.6 is 23.1 Å². The van der Waals surface area contributed by atoms with Crippen molar-refractivity contribution in [3.8, 4) is 0 Å². The number of hydrogen-bond acceptors (Lipinski definition) is 8. The molecule has 1 saturated heterocycles. The normalized spacial score (nSPS) is 15.7. The molecular formula is C21H21N5O4S2. The van der Waals surface area contributed by atoms with Crippen LogP contribution < -0.4 is 15.5 Å². The largest absolute Gasteiger partial charge is 0.467 e. The molecule has 9 nitrogen and oxygen atoms in total. The predicted octanol–water partition coefficient (Wildman–Crippen LogP) is 2.84. The van der Waals surface area contributed by atoms with Crippen molar-refractivity contribution in [2.24, 2.45) is 5.92 Å². The molecule has 1 aliphatic heterocycles. The number of nitrogens with one attached hydrogen (secondary N) is 2. The maximum Gasteiger partial charge on any atom is 0.231 e. The topological polar surface area (TPSA) is 117 Å². The van der Waals surface area contributed by atoms with Crippen LogP contribution in [0.2, 0.25) is 0 Å². The summed E-state index contributed by atoms with van der Waals surface area (Å²) in [5.74, 6) is -0.118. The maximum atomic E-state index is 12.6. The van der Waals surface area contributed by atoms with Crippen LogP contribution in [0.15, 0.2) is 51.4 Å². The third-order valence-electron chi connectivity index (χ3n) is 4.81. The molecule has 3 aromatic rings. The highest BCUT2D eigenvalue weighted by atomic mass is 32.2. The van der Waals surface area contributed by atoms with Crippen molar-refractivity contribution in [3.05, 3.63) is 54.0 Å². The van der Waals surface area contributed by atoms with E-state index in [9.17, 15) is 14.4 Å². The van der Waals surface area contributed by atoms with Gasteiger partial charge in [0, 0.05) is 18.7 Å². The van der Waals surface area contributed by atoms with Gasteiger partial charge in [0.05, 0.1) is 24.5 Å². The van der Waals surface area contributed by atoms with Gasteiger partial charge in [0.15, 0.2) is 4.34 Å². The van der Waals surface area contributed by atoms with Gasteiger partial charge in [-0.05, 0) is 36.8 Å². The summed E-state index contributed by atoms with van der Waals surface area (Å²) < 4.78 is 5.73. The number of aryl methyl sites for hydroxylation is 1. The molecule has 2 N–H and O–H groups in total. The van der Waals surface area contributed by atoms with E-state index >= 15 is 0 Å². The SMILES string of the molecule is Cc1cccc(N2C[C@@H](C(=O)Nc3nnc(SCC(=O)NCc4ccco4)s3)CC2=O)c1. The number of amides is 3. The van der Waals surface area contributed by atoms with Crippen LogP contribution in [0.5, 0.6) is 0 Å². The molecule has 1 atom stereocenters. The zero-order chi connectivity index (χ0) is 22.5. The van der Waals surface area contributed by atoms with Crippen molar-refractivity contribution in [1.82, 2.24) is 15.5 Å². The van der Waals surface area contributed by atoms with Crippen molar-refractivity contribution in [3.63, 3.8) is 0 Å². The summed E-state index contributed by atoms with van der Waals surface area (Å²) in [4.78, 5) is 38.6. The summed E-state index contributed by atoms with van der Waals surface area (Å²) in [5.41, 5.74) is 1.85. The summed E-state index contributed by atoms with van der Waals surface area (Å²) in [6, 6.07) is 11.2. The number of carbonyl (C=O) groups excluding carboxylic acids is 3. The number of benzene rings is 1. The Kier molecular flexibility index (Phi) is 6.86. The Labute approximate surface area is 192 Å². The third-order valence-corrected chi connectivity index (χ3v) is 6.78. The van der Waals surface area contributed by atoms with Crippen LogP contribution in [0.25, 0.3) is 0 Å². The highest BCUT2D eigenvalue weighted by molar-refractivity contribution is 8.01. The van der Waals surface area contributed by atoms with Gasteiger partial charge in [-0.1, -0.05) is 35.2 Å². The Hall–Kier alpha value is -3.18. The number of thioether (sulfide) groups is 1. The van der Waals surface area contributed by atoms with E-state index in [-0.39, 0.29) is 29.9 Å².